The molecule has 0 saturated carbocycles. The van der Waals surface area contributed by atoms with Crippen LogP contribution in [0.2, 0.25) is 0 Å². The van der Waals surface area contributed by atoms with Crippen LogP contribution in [0.25, 0.3) is 22.4 Å². The first kappa shape index (κ1) is 12.6. The number of aromatic nitrogens is 3. The van der Waals surface area contributed by atoms with Gasteiger partial charge in [-0.3, -0.25) is 0 Å². The summed E-state index contributed by atoms with van der Waals surface area (Å²) in [6.07, 6.45) is 2.75. The number of benzene rings is 1. The number of nitrogens with one attached hydrogen (secondary N) is 1. The summed E-state index contributed by atoms with van der Waals surface area (Å²) in [6, 6.07) is 8.45. The summed E-state index contributed by atoms with van der Waals surface area (Å²) < 4.78 is 23.5. The van der Waals surface area contributed by atoms with E-state index in [-0.39, 0.29) is 4.90 Å². The Labute approximate surface area is 115 Å². The van der Waals surface area contributed by atoms with E-state index in [1.165, 1.54) is 6.26 Å². The molecule has 6 nitrogen and oxygen atoms in total. The van der Waals surface area contributed by atoms with E-state index in [0.717, 1.165) is 5.56 Å². The van der Waals surface area contributed by atoms with Gasteiger partial charge in [-0.2, -0.15) is 0 Å². The first-order chi connectivity index (χ1) is 9.45. The first-order valence-corrected chi connectivity index (χ1v) is 7.75. The highest BCUT2D eigenvalue weighted by atomic mass is 32.2. The molecule has 7 heteroatoms. The van der Waals surface area contributed by atoms with Crippen LogP contribution in [0.5, 0.6) is 0 Å². The van der Waals surface area contributed by atoms with Crippen molar-refractivity contribution in [1.82, 2.24) is 15.0 Å². The SMILES string of the molecule is CS(=O)(=O)c1cccc2[nH]c(-c3ccnc(N)c3)nc12. The lowest BCUT2D eigenvalue weighted by molar-refractivity contribution is 0.602. The van der Waals surface area contributed by atoms with Crippen LogP contribution in [0.3, 0.4) is 0 Å². The molecular formula is C13H12N4O2S. The molecule has 2 aromatic heterocycles. The van der Waals surface area contributed by atoms with E-state index in [4.69, 9.17) is 5.73 Å². The van der Waals surface area contributed by atoms with E-state index in [1.54, 1.807) is 36.5 Å². The lowest BCUT2D eigenvalue weighted by Gasteiger charge is -1.98. The highest BCUT2D eigenvalue weighted by Crippen LogP contribution is 2.25. The molecule has 0 atom stereocenters. The van der Waals surface area contributed by atoms with Crippen molar-refractivity contribution in [2.45, 2.75) is 4.90 Å². The minimum atomic E-state index is -3.33. The number of anilines is 1. The van der Waals surface area contributed by atoms with Crippen LogP contribution in [0.15, 0.2) is 41.4 Å². The first-order valence-electron chi connectivity index (χ1n) is 5.86. The van der Waals surface area contributed by atoms with Gasteiger partial charge in [-0.1, -0.05) is 6.07 Å². The van der Waals surface area contributed by atoms with Crippen molar-refractivity contribution >= 4 is 26.7 Å². The molecule has 0 aliphatic carbocycles. The van der Waals surface area contributed by atoms with Gasteiger partial charge in [-0.25, -0.2) is 18.4 Å². The Hall–Kier alpha value is -2.41. The van der Waals surface area contributed by atoms with Gasteiger partial charge >= 0.3 is 0 Å². The number of imidazole rings is 1. The van der Waals surface area contributed by atoms with Crippen molar-refractivity contribution in [2.24, 2.45) is 0 Å². The van der Waals surface area contributed by atoms with Crippen LogP contribution in [-0.2, 0) is 9.84 Å². The van der Waals surface area contributed by atoms with Gasteiger partial charge in [0.15, 0.2) is 9.84 Å². The number of nitrogen functional groups attached to an aromatic ring is 1. The summed E-state index contributed by atoms with van der Waals surface area (Å²) in [5, 5.41) is 0. The summed E-state index contributed by atoms with van der Waals surface area (Å²) in [5.41, 5.74) is 7.49. The zero-order valence-corrected chi connectivity index (χ0v) is 11.5. The zero-order chi connectivity index (χ0) is 14.3. The van der Waals surface area contributed by atoms with E-state index in [2.05, 4.69) is 15.0 Å². The second kappa shape index (κ2) is 4.31. The number of rotatable bonds is 2. The van der Waals surface area contributed by atoms with Crippen molar-refractivity contribution in [3.8, 4) is 11.4 Å². The molecular weight excluding hydrogens is 276 g/mol. The van der Waals surface area contributed by atoms with Crippen molar-refractivity contribution < 1.29 is 8.42 Å². The maximum atomic E-state index is 11.8. The number of sulfone groups is 1. The predicted octanol–water partition coefficient (Wildman–Crippen LogP) is 1.61. The van der Waals surface area contributed by atoms with Gasteiger partial charge in [0, 0.05) is 18.0 Å². The molecule has 3 aromatic rings. The van der Waals surface area contributed by atoms with Crippen molar-refractivity contribution in [3.63, 3.8) is 0 Å². The van der Waals surface area contributed by atoms with Gasteiger partial charge in [-0.05, 0) is 24.3 Å². The molecule has 0 unspecified atom stereocenters. The molecule has 3 N–H and O–H groups in total. The van der Waals surface area contributed by atoms with Gasteiger partial charge in [0.2, 0.25) is 0 Å². The molecule has 0 fully saturated rings. The number of H-pyrrole nitrogens is 1. The normalized spacial score (nSPS) is 11.8. The van der Waals surface area contributed by atoms with E-state index < -0.39 is 9.84 Å². The molecule has 0 aliphatic rings. The van der Waals surface area contributed by atoms with E-state index in [1.807, 2.05) is 0 Å². The minimum Gasteiger partial charge on any atom is -0.384 e. The van der Waals surface area contributed by atoms with Gasteiger partial charge in [0.25, 0.3) is 0 Å². The topological polar surface area (TPSA) is 102 Å². The minimum absolute atomic E-state index is 0.208. The van der Waals surface area contributed by atoms with Crippen LogP contribution < -0.4 is 5.73 Å². The monoisotopic (exact) mass is 288 g/mol. The number of para-hydroxylation sites is 1. The number of aromatic amines is 1. The molecule has 2 heterocycles. The van der Waals surface area contributed by atoms with Crippen LogP contribution >= 0.6 is 0 Å². The quantitative estimate of drug-likeness (QED) is 0.746. The highest BCUT2D eigenvalue weighted by molar-refractivity contribution is 7.91. The average Bonchev–Trinajstić information content (AvgIpc) is 2.81. The van der Waals surface area contributed by atoms with Gasteiger partial charge in [0.05, 0.1) is 10.4 Å². The molecule has 0 aliphatic heterocycles. The summed E-state index contributed by atoms with van der Waals surface area (Å²) in [4.78, 5) is 11.6. The maximum Gasteiger partial charge on any atom is 0.177 e. The molecule has 0 spiro atoms. The molecule has 0 saturated heterocycles. The Balaban J connectivity index is 2.26. The lowest BCUT2D eigenvalue weighted by atomic mass is 10.2. The largest absolute Gasteiger partial charge is 0.384 e. The Morgan fingerprint density at radius 2 is 2.05 bits per heavy atom. The number of pyridine rings is 1. The molecule has 102 valence electrons. The Morgan fingerprint density at radius 3 is 2.75 bits per heavy atom. The van der Waals surface area contributed by atoms with Crippen molar-refractivity contribution in [2.75, 3.05) is 12.0 Å². The third-order valence-corrected chi connectivity index (χ3v) is 4.06. The van der Waals surface area contributed by atoms with Gasteiger partial charge < -0.3 is 10.7 Å². The lowest BCUT2D eigenvalue weighted by Crippen LogP contribution is -1.97. The van der Waals surface area contributed by atoms with Crippen LogP contribution in [0, 0.1) is 0 Å². The predicted molar refractivity (Wildman–Crippen MR) is 76.8 cm³/mol. The third kappa shape index (κ3) is 2.12. The number of hydrogen-bond donors (Lipinski definition) is 2. The number of fused-ring (bicyclic) bond motifs is 1. The fourth-order valence-electron chi connectivity index (χ4n) is 2.04. The van der Waals surface area contributed by atoms with Crippen LogP contribution in [-0.4, -0.2) is 29.6 Å². The molecule has 20 heavy (non-hydrogen) atoms. The second-order valence-corrected chi connectivity index (χ2v) is 6.46. The van der Waals surface area contributed by atoms with E-state index in [9.17, 15) is 8.42 Å². The van der Waals surface area contributed by atoms with Crippen molar-refractivity contribution in [1.29, 1.82) is 0 Å². The van der Waals surface area contributed by atoms with Crippen molar-refractivity contribution in [3.05, 3.63) is 36.5 Å². The summed E-state index contributed by atoms with van der Waals surface area (Å²) >= 11 is 0. The number of hydrogen-bond acceptors (Lipinski definition) is 5. The fourth-order valence-corrected chi connectivity index (χ4v) is 2.87. The second-order valence-electron chi connectivity index (χ2n) is 4.48. The molecule has 1 aromatic carbocycles. The summed E-state index contributed by atoms with van der Waals surface area (Å²) in [5.74, 6) is 0.941. The number of nitrogens with zero attached hydrogens (tertiary/aromatic N) is 2. The van der Waals surface area contributed by atoms with Gasteiger partial charge in [-0.15, -0.1) is 0 Å². The highest BCUT2D eigenvalue weighted by Gasteiger charge is 2.15. The summed E-state index contributed by atoms with van der Waals surface area (Å²) in [7, 11) is -3.33. The van der Waals surface area contributed by atoms with Crippen LogP contribution in [0.1, 0.15) is 0 Å². The third-order valence-electron chi connectivity index (χ3n) is 2.93. The molecule has 0 bridgehead atoms. The van der Waals surface area contributed by atoms with E-state index in [0.29, 0.717) is 22.7 Å². The number of nitrogens with two attached hydrogens (primary N) is 1. The Morgan fingerprint density at radius 1 is 1.25 bits per heavy atom. The fraction of sp³-hybridized carbons (Fsp3) is 0.0769. The van der Waals surface area contributed by atoms with Gasteiger partial charge in [0.1, 0.15) is 17.2 Å². The maximum absolute atomic E-state index is 11.8. The Kier molecular flexibility index (Phi) is 2.72. The molecule has 0 radical (unpaired) electrons. The summed E-state index contributed by atoms with van der Waals surface area (Å²) in [6.45, 7) is 0. The standard InChI is InChI=1S/C13H12N4O2S/c1-20(18,19)10-4-2-3-9-12(10)17-13(16-9)8-5-6-15-11(14)7-8/h2-7H,1H3,(H2,14,15)(H,16,17). The smallest absolute Gasteiger partial charge is 0.177 e. The zero-order valence-electron chi connectivity index (χ0n) is 10.7. The average molecular weight is 288 g/mol. The molecule has 0 amide bonds. The van der Waals surface area contributed by atoms with Crippen LogP contribution in [0.4, 0.5) is 5.82 Å². The Bertz CT molecular complexity index is 900. The van der Waals surface area contributed by atoms with E-state index >= 15 is 0 Å². The molecule has 3 rings (SSSR count).